The largest absolute Gasteiger partial charge is 0.472 e. The molecule has 2 aliphatic rings. The van der Waals surface area contributed by atoms with Gasteiger partial charge in [0.25, 0.3) is 5.91 Å². The number of rotatable bonds is 5. The van der Waals surface area contributed by atoms with Crippen LogP contribution in [0.5, 0.6) is 5.88 Å². The Morgan fingerprint density at radius 1 is 1.25 bits per heavy atom. The third-order valence-corrected chi connectivity index (χ3v) is 4.62. The van der Waals surface area contributed by atoms with Crippen molar-refractivity contribution in [3.05, 3.63) is 23.9 Å². The van der Waals surface area contributed by atoms with Crippen LogP contribution in [0.25, 0.3) is 0 Å². The fraction of sp³-hybridized carbons (Fsp3) is 0.556. The van der Waals surface area contributed by atoms with Gasteiger partial charge in [-0.3, -0.25) is 9.59 Å². The van der Waals surface area contributed by atoms with Gasteiger partial charge in [0.2, 0.25) is 5.88 Å². The van der Waals surface area contributed by atoms with Gasteiger partial charge >= 0.3 is 12.0 Å². The Kier molecular flexibility index (Phi) is 6.64. The van der Waals surface area contributed by atoms with Crippen molar-refractivity contribution >= 4 is 17.9 Å². The molecule has 10 nitrogen and oxygen atoms in total. The lowest BCUT2D eigenvalue weighted by Crippen LogP contribution is -2.42. The molecule has 1 unspecified atom stereocenters. The summed E-state index contributed by atoms with van der Waals surface area (Å²) in [7, 11) is 1.26. The average Bonchev–Trinajstić information content (AvgIpc) is 3.21. The second-order valence-corrected chi connectivity index (χ2v) is 6.47. The zero-order valence-corrected chi connectivity index (χ0v) is 15.8. The summed E-state index contributed by atoms with van der Waals surface area (Å²) in [6.45, 7) is 2.73. The van der Waals surface area contributed by atoms with Gasteiger partial charge in [-0.05, 0) is 12.1 Å². The number of hydrogen-bond acceptors (Lipinski definition) is 7. The molecule has 1 atom stereocenters. The molecule has 28 heavy (non-hydrogen) atoms. The molecule has 2 aliphatic heterocycles. The van der Waals surface area contributed by atoms with E-state index in [2.05, 4.69) is 15.0 Å². The zero-order chi connectivity index (χ0) is 19.9. The number of esters is 1. The van der Waals surface area contributed by atoms with E-state index in [0.29, 0.717) is 51.4 Å². The smallest absolute Gasteiger partial charge is 0.325 e. The first-order chi connectivity index (χ1) is 13.6. The molecule has 2 saturated heterocycles. The topological polar surface area (TPSA) is 110 Å². The normalized spacial score (nSPS) is 19.2. The maximum Gasteiger partial charge on any atom is 0.325 e. The van der Waals surface area contributed by atoms with Crippen molar-refractivity contribution in [2.75, 3.05) is 53.0 Å². The fourth-order valence-electron chi connectivity index (χ4n) is 3.08. The van der Waals surface area contributed by atoms with Crippen molar-refractivity contribution in [1.29, 1.82) is 0 Å². The van der Waals surface area contributed by atoms with Crippen LogP contribution >= 0.6 is 0 Å². The summed E-state index contributed by atoms with van der Waals surface area (Å²) in [4.78, 5) is 43.5. The SMILES string of the molecule is COC(=O)CNC(=O)N1CCC(Oc2ncccc2C(=O)N2CCOCC2)C1. The maximum absolute atomic E-state index is 12.8. The number of pyridine rings is 1. The number of carbonyl (C=O) groups is 3. The van der Waals surface area contributed by atoms with Crippen molar-refractivity contribution in [3.8, 4) is 5.88 Å². The number of likely N-dealkylation sites (tertiary alicyclic amines) is 1. The molecule has 152 valence electrons. The summed E-state index contributed by atoms with van der Waals surface area (Å²) in [5.74, 6) is -0.391. The summed E-state index contributed by atoms with van der Waals surface area (Å²) in [6, 6.07) is 3.03. The molecule has 1 aromatic rings. The molecule has 0 spiro atoms. The third-order valence-electron chi connectivity index (χ3n) is 4.62. The number of nitrogens with one attached hydrogen (secondary N) is 1. The molecule has 3 heterocycles. The number of aromatic nitrogens is 1. The van der Waals surface area contributed by atoms with E-state index < -0.39 is 5.97 Å². The highest BCUT2D eigenvalue weighted by molar-refractivity contribution is 5.96. The van der Waals surface area contributed by atoms with Crippen LogP contribution in [0.2, 0.25) is 0 Å². The van der Waals surface area contributed by atoms with Crippen LogP contribution in [0.4, 0.5) is 4.79 Å². The second-order valence-electron chi connectivity index (χ2n) is 6.47. The summed E-state index contributed by atoms with van der Waals surface area (Å²) >= 11 is 0. The van der Waals surface area contributed by atoms with E-state index in [-0.39, 0.29) is 30.5 Å². The third kappa shape index (κ3) is 4.89. The molecule has 2 fully saturated rings. The van der Waals surface area contributed by atoms with Gasteiger partial charge in [-0.15, -0.1) is 0 Å². The van der Waals surface area contributed by atoms with Gasteiger partial charge in [-0.25, -0.2) is 9.78 Å². The monoisotopic (exact) mass is 392 g/mol. The summed E-state index contributed by atoms with van der Waals surface area (Å²) in [5.41, 5.74) is 0.401. The summed E-state index contributed by atoms with van der Waals surface area (Å²) in [6.07, 6.45) is 1.89. The van der Waals surface area contributed by atoms with Crippen molar-refractivity contribution in [1.82, 2.24) is 20.1 Å². The molecule has 0 aliphatic carbocycles. The number of nitrogens with zero attached hydrogens (tertiary/aromatic N) is 3. The Morgan fingerprint density at radius 3 is 2.79 bits per heavy atom. The Balaban J connectivity index is 1.58. The van der Waals surface area contributed by atoms with Crippen LogP contribution in [0.1, 0.15) is 16.8 Å². The minimum Gasteiger partial charge on any atom is -0.472 e. The Hall–Kier alpha value is -2.88. The van der Waals surface area contributed by atoms with Crippen LogP contribution in [0.3, 0.4) is 0 Å². The van der Waals surface area contributed by atoms with Gasteiger partial charge in [0.05, 0.1) is 26.9 Å². The molecular formula is C18H24N4O6. The molecule has 3 amide bonds. The van der Waals surface area contributed by atoms with E-state index in [0.717, 1.165) is 0 Å². The van der Waals surface area contributed by atoms with Gasteiger partial charge in [0.1, 0.15) is 18.2 Å². The molecule has 0 saturated carbocycles. The Labute approximate surface area is 162 Å². The first kappa shape index (κ1) is 19.9. The number of ether oxygens (including phenoxy) is 3. The molecule has 10 heteroatoms. The van der Waals surface area contributed by atoms with E-state index in [9.17, 15) is 14.4 Å². The van der Waals surface area contributed by atoms with Gasteiger partial charge in [0.15, 0.2) is 0 Å². The maximum atomic E-state index is 12.8. The summed E-state index contributed by atoms with van der Waals surface area (Å²) < 4.78 is 15.7. The highest BCUT2D eigenvalue weighted by Gasteiger charge is 2.30. The van der Waals surface area contributed by atoms with E-state index in [1.807, 2.05) is 0 Å². The minimum atomic E-state index is -0.514. The number of carbonyl (C=O) groups excluding carboxylic acids is 3. The van der Waals surface area contributed by atoms with Crippen LogP contribution in [0.15, 0.2) is 18.3 Å². The van der Waals surface area contributed by atoms with Gasteiger partial charge in [-0.1, -0.05) is 0 Å². The van der Waals surface area contributed by atoms with E-state index in [1.54, 1.807) is 28.1 Å². The van der Waals surface area contributed by atoms with Crippen molar-refractivity contribution in [3.63, 3.8) is 0 Å². The minimum absolute atomic E-state index is 0.142. The summed E-state index contributed by atoms with van der Waals surface area (Å²) in [5, 5.41) is 2.50. The van der Waals surface area contributed by atoms with Crippen molar-refractivity contribution in [2.45, 2.75) is 12.5 Å². The van der Waals surface area contributed by atoms with Gasteiger partial charge in [-0.2, -0.15) is 0 Å². The lowest BCUT2D eigenvalue weighted by atomic mass is 10.2. The molecule has 3 rings (SSSR count). The van der Waals surface area contributed by atoms with Gasteiger partial charge < -0.3 is 29.3 Å². The van der Waals surface area contributed by atoms with Crippen LogP contribution in [-0.4, -0.2) is 91.8 Å². The molecule has 0 radical (unpaired) electrons. The molecule has 0 bridgehead atoms. The van der Waals surface area contributed by atoms with Crippen LogP contribution in [0, 0.1) is 0 Å². The van der Waals surface area contributed by atoms with Crippen LogP contribution < -0.4 is 10.1 Å². The van der Waals surface area contributed by atoms with E-state index in [4.69, 9.17) is 9.47 Å². The number of hydrogen-bond donors (Lipinski definition) is 1. The number of amides is 3. The first-order valence-corrected chi connectivity index (χ1v) is 9.16. The average molecular weight is 392 g/mol. The number of urea groups is 1. The number of morpholine rings is 1. The Bertz CT molecular complexity index is 722. The first-order valence-electron chi connectivity index (χ1n) is 9.16. The predicted octanol–water partition coefficient (Wildman–Crippen LogP) is -0.110. The van der Waals surface area contributed by atoms with Gasteiger partial charge in [0, 0.05) is 32.3 Å². The fourth-order valence-corrected chi connectivity index (χ4v) is 3.08. The molecule has 1 N–H and O–H groups in total. The standard InChI is InChI=1S/C18H24N4O6/c1-26-15(23)11-20-18(25)22-6-4-13(12-22)28-16-14(3-2-5-19-16)17(24)21-7-9-27-10-8-21/h2-3,5,13H,4,6-12H2,1H3,(H,20,25). The Morgan fingerprint density at radius 2 is 2.04 bits per heavy atom. The second kappa shape index (κ2) is 9.36. The molecular weight excluding hydrogens is 368 g/mol. The van der Waals surface area contributed by atoms with Crippen LogP contribution in [-0.2, 0) is 14.3 Å². The zero-order valence-electron chi connectivity index (χ0n) is 15.8. The molecule has 1 aromatic heterocycles. The highest BCUT2D eigenvalue weighted by Crippen LogP contribution is 2.22. The highest BCUT2D eigenvalue weighted by atomic mass is 16.5. The van der Waals surface area contributed by atoms with Crippen molar-refractivity contribution in [2.24, 2.45) is 0 Å². The predicted molar refractivity (Wildman–Crippen MR) is 97.0 cm³/mol. The lowest BCUT2D eigenvalue weighted by Gasteiger charge is -2.27. The van der Waals surface area contributed by atoms with Crippen molar-refractivity contribution < 1.29 is 28.6 Å². The van der Waals surface area contributed by atoms with E-state index in [1.165, 1.54) is 7.11 Å². The lowest BCUT2D eigenvalue weighted by molar-refractivity contribution is -0.139. The quantitative estimate of drug-likeness (QED) is 0.696. The number of methoxy groups -OCH3 is 1. The van der Waals surface area contributed by atoms with E-state index >= 15 is 0 Å². The molecule has 0 aromatic carbocycles.